The summed E-state index contributed by atoms with van der Waals surface area (Å²) in [5, 5.41) is 77.2. The highest BCUT2D eigenvalue weighted by Crippen LogP contribution is 2.25. The first-order valence-electron chi connectivity index (χ1n) is 31.2. The van der Waals surface area contributed by atoms with E-state index in [1.165, 1.54) is 53.4 Å². The molecule has 0 bridgehead atoms. The number of fused-ring (bicyclic) bond motifs is 1. The molecule has 0 radical (unpaired) electrons. The summed E-state index contributed by atoms with van der Waals surface area (Å²) >= 11 is 0. The van der Waals surface area contributed by atoms with Crippen LogP contribution >= 0.6 is 21.6 Å². The zero-order chi connectivity index (χ0) is 71.0. The standard InChI is InChI=1S/C62H84N16O17S2/c1-31(2)50-59(92)73-42(23-34-14-18-37(82)19-15-34)52(85)70-40(10-6-20-66-62(64)65)51(84)68-26-49(83)69-44(27-79)55(88)71-43(24-35-25-67-39-9-5-4-8-38(35)39)54(87)74-45(28-80)56(89)76-47(61(94)95)30-97-96-29-46(57(90)77-50)75-53(86)41(22-33-12-16-36(81)17-13-33)72-58(91)48-11-7-21-78(48)60(93)32(3)63/h4-5,8-9,12-19,25,31-32,40-48,50,67,79-82H,6-7,10-11,20-24,26-30,63H2,1-3H3,(H,68,84)(H,69,83)(H,70,85)(H,71,88)(H,72,91)(H,73,92)(H,74,87)(H,75,86)(H,76,89)(H,77,90)(H,94,95)(H4,64,65,66)/p+2/t32-,40-,41-,42-,43-,44-,45-,46-,47-,48-,50-/m0/s1. The number of benzene rings is 3. The number of phenolic OH excluding ortho intramolecular Hbond substituents is 2. The zero-order valence-corrected chi connectivity index (χ0v) is 55.2. The van der Waals surface area contributed by atoms with Crippen LogP contribution in [0.3, 0.4) is 0 Å². The van der Waals surface area contributed by atoms with Crippen molar-refractivity contribution in [1.82, 2.24) is 63.1 Å². The number of H-pyrrole nitrogens is 1. The molecule has 2 aliphatic heterocycles. The number of rotatable bonds is 19. The Kier molecular flexibility index (Phi) is 29.1. The maximum Gasteiger partial charge on any atom is 0.338 e. The van der Waals surface area contributed by atoms with Gasteiger partial charge in [-0.1, -0.05) is 77.9 Å². The summed E-state index contributed by atoms with van der Waals surface area (Å²) in [5.41, 5.74) is 16.9. The van der Waals surface area contributed by atoms with Gasteiger partial charge in [0.2, 0.25) is 59.1 Å². The molecule has 0 spiro atoms. The Balaban J connectivity index is 1.38. The second-order valence-corrected chi connectivity index (χ2v) is 26.2. The van der Waals surface area contributed by atoms with Crippen LogP contribution in [-0.2, 0) is 76.8 Å². The van der Waals surface area contributed by atoms with Crippen molar-refractivity contribution in [2.24, 2.45) is 17.4 Å². The first-order chi connectivity index (χ1) is 46.2. The number of aromatic nitrogens is 1. The Morgan fingerprint density at radius 3 is 1.90 bits per heavy atom. The highest BCUT2D eigenvalue weighted by Gasteiger charge is 2.40. The van der Waals surface area contributed by atoms with Gasteiger partial charge < -0.3 is 94.3 Å². The summed E-state index contributed by atoms with van der Waals surface area (Å²) in [4.78, 5) is 176. The number of guanidine groups is 1. The monoisotopic (exact) mass is 1390 g/mol. The van der Waals surface area contributed by atoms with E-state index in [2.05, 4.69) is 68.9 Å². The van der Waals surface area contributed by atoms with Crippen molar-refractivity contribution in [2.75, 3.05) is 44.4 Å². The van der Waals surface area contributed by atoms with Gasteiger partial charge in [-0.3, -0.25) is 69.2 Å². The quantitative estimate of drug-likeness (QED) is 0.0180. The minimum Gasteiger partial charge on any atom is -0.508 e. The summed E-state index contributed by atoms with van der Waals surface area (Å²) in [6.07, 6.45) is 1.40. The van der Waals surface area contributed by atoms with E-state index in [1.807, 2.05) is 0 Å². The van der Waals surface area contributed by atoms with Crippen molar-refractivity contribution < 1.29 is 93.8 Å². The summed E-state index contributed by atoms with van der Waals surface area (Å²) in [6.45, 7) is 1.98. The molecule has 2 aliphatic rings. The number of aliphatic hydroxyl groups is 2. The number of hydrogen-bond acceptors (Lipinski definition) is 18. The van der Waals surface area contributed by atoms with E-state index in [9.17, 15) is 83.1 Å². The van der Waals surface area contributed by atoms with Gasteiger partial charge >= 0.3 is 11.9 Å². The molecule has 3 heterocycles. The van der Waals surface area contributed by atoms with Gasteiger partial charge in [0.05, 0.1) is 26.3 Å². The van der Waals surface area contributed by atoms with E-state index in [0.717, 1.165) is 21.6 Å². The Morgan fingerprint density at radius 2 is 1.27 bits per heavy atom. The number of aliphatic hydroxyl groups excluding tert-OH is 2. The topological polar surface area (TPSA) is 539 Å². The normalized spacial score (nSPS) is 23.2. The number of carboxylic acids is 1. The number of nitrogens with zero attached hydrogens (tertiary/aromatic N) is 1. The molecule has 97 heavy (non-hydrogen) atoms. The van der Waals surface area contributed by atoms with E-state index in [1.54, 1.807) is 51.2 Å². The van der Waals surface area contributed by atoms with E-state index < -0.39 is 175 Å². The van der Waals surface area contributed by atoms with Gasteiger partial charge in [0, 0.05) is 54.4 Å². The Hall–Kier alpha value is -9.71. The van der Waals surface area contributed by atoms with E-state index >= 15 is 0 Å². The number of carboxylic acid groups (broad SMARTS) is 1. The predicted molar refractivity (Wildman–Crippen MR) is 353 cm³/mol. The molecule has 11 atom stereocenters. The molecule has 2 saturated heterocycles. The van der Waals surface area contributed by atoms with Crippen molar-refractivity contribution in [3.8, 4) is 11.5 Å². The third-order valence-electron chi connectivity index (χ3n) is 15.8. The van der Waals surface area contributed by atoms with Crippen LogP contribution in [0.4, 0.5) is 0 Å². The third-order valence-corrected chi connectivity index (χ3v) is 18.2. The van der Waals surface area contributed by atoms with E-state index in [4.69, 9.17) is 11.5 Å². The number of hydrogen-bond donors (Lipinski definition) is 20. The minimum atomic E-state index is -1.86. The zero-order valence-electron chi connectivity index (χ0n) is 53.6. The molecule has 4 aromatic rings. The van der Waals surface area contributed by atoms with Gasteiger partial charge in [-0.25, -0.2) is 4.79 Å². The average molecular weight is 1390 g/mol. The second-order valence-electron chi connectivity index (χ2n) is 23.7. The number of quaternary nitrogens is 1. The Labute approximate surface area is 564 Å². The van der Waals surface area contributed by atoms with Crippen LogP contribution in [0, 0.1) is 5.92 Å². The van der Waals surface area contributed by atoms with Crippen LogP contribution < -0.4 is 75.4 Å². The lowest BCUT2D eigenvalue weighted by Gasteiger charge is -2.29. The molecule has 2 fully saturated rings. The molecule has 0 saturated carbocycles. The molecule has 0 unspecified atom stereocenters. The summed E-state index contributed by atoms with van der Waals surface area (Å²) < 4.78 is 0. The number of nitrogens with two attached hydrogens (primary N) is 2. The fraction of sp³-hybridized carbons (Fsp3) is 0.468. The maximum atomic E-state index is 14.9. The highest BCUT2D eigenvalue weighted by molar-refractivity contribution is 8.76. The highest BCUT2D eigenvalue weighted by atomic mass is 33.1. The van der Waals surface area contributed by atoms with Crippen LogP contribution in [0.25, 0.3) is 10.9 Å². The Morgan fingerprint density at radius 1 is 0.691 bits per heavy atom. The largest absolute Gasteiger partial charge is 0.508 e. The molecule has 0 aliphatic carbocycles. The fourth-order valence-electron chi connectivity index (χ4n) is 10.5. The Bertz CT molecular complexity index is 3480. The number of aromatic hydroxyl groups is 2. The molecule has 6 rings (SSSR count). The SMILES string of the molecule is CC(C)[C@@H]1NC(=O)[C@@H](NC(=O)[C@H](Cc2ccc(O)cc2)NC(=O)[C@@H]2CCCN2C(=O)[C@H](C)[NH3+])CSSC[C@@H](C(=O)O)NC(=O)[C@H](CO)NC(=O)[C@H](Cc2c[nH]c3ccccc23)NC(=O)[C@H](CO)NC(=O)CNC(=O)[C@H](CCC[NH+]=C(N)N)NC(=O)[C@H](Cc2ccc(O)cc2)NC1=O. The third kappa shape index (κ3) is 23.0. The molecule has 35 heteroatoms. The van der Waals surface area contributed by atoms with Crippen LogP contribution in [-0.4, -0.2) is 223 Å². The lowest BCUT2D eigenvalue weighted by Crippen LogP contribution is -2.78. The average Bonchev–Trinajstić information content (AvgIpc) is 1.73. The number of aliphatic carboxylic acids is 1. The molecule has 526 valence electrons. The number of amides is 11. The van der Waals surface area contributed by atoms with Crippen molar-refractivity contribution in [3.05, 3.63) is 95.7 Å². The van der Waals surface area contributed by atoms with Gasteiger partial charge in [0.1, 0.15) is 71.9 Å². The molecular formula is C62H86N16O17S2+2. The number of likely N-dealkylation sites (tertiary alicyclic amines) is 1. The molecule has 1 aromatic heterocycles. The van der Waals surface area contributed by atoms with Crippen LogP contribution in [0.5, 0.6) is 11.5 Å². The molecule has 24 N–H and O–H groups in total. The number of nitrogens with one attached hydrogen (secondary N) is 12. The summed E-state index contributed by atoms with van der Waals surface area (Å²) in [6, 6.07) is 1.72. The maximum absolute atomic E-state index is 14.9. The van der Waals surface area contributed by atoms with Crippen LogP contribution in [0.2, 0.25) is 0 Å². The summed E-state index contributed by atoms with van der Waals surface area (Å²) in [7, 11) is 1.61. The first-order valence-corrected chi connectivity index (χ1v) is 33.7. The van der Waals surface area contributed by atoms with Gasteiger partial charge in [-0.2, -0.15) is 0 Å². The molecule has 11 amide bonds. The number of carbonyl (C=O) groups excluding carboxylic acids is 11. The van der Waals surface area contributed by atoms with Gasteiger partial charge in [0.15, 0.2) is 6.04 Å². The van der Waals surface area contributed by atoms with Crippen molar-refractivity contribution in [1.29, 1.82) is 0 Å². The fourth-order valence-corrected chi connectivity index (χ4v) is 12.8. The first kappa shape index (κ1) is 76.3. The van der Waals surface area contributed by atoms with Gasteiger partial charge in [-0.15, -0.1) is 0 Å². The second kappa shape index (κ2) is 37.0. The molecule has 3 aromatic carbocycles. The van der Waals surface area contributed by atoms with Crippen molar-refractivity contribution in [3.63, 3.8) is 0 Å². The van der Waals surface area contributed by atoms with Gasteiger partial charge in [0.25, 0.3) is 5.91 Å². The van der Waals surface area contributed by atoms with Gasteiger partial charge in [-0.05, 0) is 85.5 Å². The summed E-state index contributed by atoms with van der Waals surface area (Å²) in [5.74, 6) is -14.1. The molecule has 33 nitrogen and oxygen atoms in total. The number of aromatic amines is 1. The van der Waals surface area contributed by atoms with Crippen molar-refractivity contribution in [2.45, 2.75) is 132 Å². The number of phenols is 2. The van der Waals surface area contributed by atoms with Crippen molar-refractivity contribution >= 4 is 109 Å². The number of carbonyl (C=O) groups is 12. The predicted octanol–water partition coefficient (Wildman–Crippen LogP) is -7.04. The number of para-hydroxylation sites is 1. The lowest BCUT2D eigenvalue weighted by atomic mass is 10.00. The van der Waals surface area contributed by atoms with Crippen LogP contribution in [0.15, 0.2) is 79.0 Å². The van der Waals surface area contributed by atoms with Crippen LogP contribution in [0.1, 0.15) is 63.1 Å². The van der Waals surface area contributed by atoms with E-state index in [0.29, 0.717) is 34.0 Å². The van der Waals surface area contributed by atoms with E-state index in [-0.39, 0.29) is 69.1 Å². The smallest absolute Gasteiger partial charge is 0.338 e. The molecular weight excluding hydrogens is 1300 g/mol. The lowest BCUT2D eigenvalue weighted by molar-refractivity contribution is -0.459. The minimum absolute atomic E-state index is 0.0828.